The Morgan fingerprint density at radius 2 is 2.25 bits per heavy atom. The Kier molecular flexibility index (Phi) is 2.80. The lowest BCUT2D eigenvalue weighted by molar-refractivity contribution is 0.475. The first-order valence-electron chi connectivity index (χ1n) is 4.93. The Bertz CT molecular complexity index is 469. The van der Waals surface area contributed by atoms with E-state index in [1.165, 1.54) is 0 Å². The molecule has 4 N–H and O–H groups in total. The molecule has 2 atom stereocenters. The van der Waals surface area contributed by atoms with Crippen molar-refractivity contribution in [3.05, 3.63) is 47.0 Å². The molecule has 0 aliphatic heterocycles. The second-order valence-electron chi connectivity index (χ2n) is 3.91. The van der Waals surface area contributed by atoms with Gasteiger partial charge in [-0.1, -0.05) is 23.8 Å². The maximum absolute atomic E-state index is 6.25. The van der Waals surface area contributed by atoms with Crippen molar-refractivity contribution in [2.45, 2.75) is 18.5 Å². The predicted molar refractivity (Wildman–Crippen MR) is 63.8 cm³/mol. The van der Waals surface area contributed by atoms with Crippen molar-refractivity contribution >= 4 is 11.6 Å². The summed E-state index contributed by atoms with van der Waals surface area (Å²) in [6.45, 7) is 1.98. The van der Waals surface area contributed by atoms with Gasteiger partial charge in [0.05, 0.1) is 17.3 Å². The van der Waals surface area contributed by atoms with Crippen molar-refractivity contribution in [1.29, 1.82) is 0 Å². The minimum atomic E-state index is -0.813. The highest BCUT2D eigenvalue weighted by atomic mass is 35.5. The van der Waals surface area contributed by atoms with Crippen molar-refractivity contribution in [3.8, 4) is 0 Å². The summed E-state index contributed by atoms with van der Waals surface area (Å²) >= 11 is 5.74. The molecule has 0 spiro atoms. The van der Waals surface area contributed by atoms with Gasteiger partial charge in [0.1, 0.15) is 0 Å². The molecular formula is C11H13ClN4. The van der Waals surface area contributed by atoms with E-state index in [9.17, 15) is 0 Å². The lowest BCUT2D eigenvalue weighted by Gasteiger charge is -2.32. The first-order valence-corrected chi connectivity index (χ1v) is 5.31. The quantitative estimate of drug-likeness (QED) is 0.717. The van der Waals surface area contributed by atoms with Crippen LogP contribution in [-0.2, 0) is 5.54 Å². The summed E-state index contributed by atoms with van der Waals surface area (Å²) < 4.78 is 0. The molecule has 0 bridgehead atoms. The molecule has 1 aliphatic carbocycles. The Morgan fingerprint density at radius 1 is 1.50 bits per heavy atom. The zero-order valence-corrected chi connectivity index (χ0v) is 9.65. The van der Waals surface area contributed by atoms with Crippen molar-refractivity contribution in [3.63, 3.8) is 0 Å². The van der Waals surface area contributed by atoms with E-state index < -0.39 is 5.54 Å². The van der Waals surface area contributed by atoms with E-state index in [0.717, 1.165) is 5.57 Å². The molecule has 0 radical (unpaired) electrons. The minimum Gasteiger partial charge on any atom is -0.322 e. The van der Waals surface area contributed by atoms with Gasteiger partial charge in [-0.3, -0.25) is 0 Å². The predicted octanol–water partition coefficient (Wildman–Crippen LogP) is 1.13. The molecule has 1 heterocycles. The van der Waals surface area contributed by atoms with E-state index in [-0.39, 0.29) is 11.3 Å². The number of hydrogen-bond donors (Lipinski definition) is 2. The van der Waals surface area contributed by atoms with Crippen LogP contribution in [0.4, 0.5) is 0 Å². The average Bonchev–Trinajstić information content (AvgIpc) is 2.24. The third-order valence-corrected chi connectivity index (χ3v) is 2.87. The standard InChI is InChI=1S/C11H13ClN4/c1-7-2-4-11(14,8(13)6-7)9-3-5-15-10(12)16-9/h2-6,8H,13-14H2,1H3. The van der Waals surface area contributed by atoms with E-state index in [2.05, 4.69) is 9.97 Å². The summed E-state index contributed by atoms with van der Waals surface area (Å²) in [7, 11) is 0. The monoisotopic (exact) mass is 236 g/mol. The molecule has 1 aromatic heterocycles. The maximum atomic E-state index is 6.25. The third-order valence-electron chi connectivity index (χ3n) is 2.69. The summed E-state index contributed by atoms with van der Waals surface area (Å²) in [4.78, 5) is 7.94. The number of nitrogens with two attached hydrogens (primary N) is 2. The van der Waals surface area contributed by atoms with E-state index >= 15 is 0 Å². The van der Waals surface area contributed by atoms with Crippen LogP contribution >= 0.6 is 11.6 Å². The van der Waals surface area contributed by atoms with Gasteiger partial charge in [0.25, 0.3) is 0 Å². The van der Waals surface area contributed by atoms with Gasteiger partial charge in [0.15, 0.2) is 0 Å². The van der Waals surface area contributed by atoms with E-state index in [1.807, 2.05) is 25.2 Å². The molecule has 1 aromatic rings. The van der Waals surface area contributed by atoms with Crippen molar-refractivity contribution < 1.29 is 0 Å². The van der Waals surface area contributed by atoms with Gasteiger partial charge in [-0.15, -0.1) is 0 Å². The van der Waals surface area contributed by atoms with Crippen LogP contribution in [0.1, 0.15) is 12.6 Å². The van der Waals surface area contributed by atoms with E-state index in [4.69, 9.17) is 23.1 Å². The minimum absolute atomic E-state index is 0.175. The van der Waals surface area contributed by atoms with Gasteiger partial charge in [0.2, 0.25) is 5.28 Å². The number of hydrogen-bond acceptors (Lipinski definition) is 4. The van der Waals surface area contributed by atoms with Gasteiger partial charge in [0, 0.05) is 6.20 Å². The van der Waals surface area contributed by atoms with Crippen LogP contribution in [-0.4, -0.2) is 16.0 Å². The van der Waals surface area contributed by atoms with Gasteiger partial charge < -0.3 is 11.5 Å². The van der Waals surface area contributed by atoms with Crippen LogP contribution in [0.3, 0.4) is 0 Å². The van der Waals surface area contributed by atoms with Crippen LogP contribution in [0.5, 0.6) is 0 Å². The molecule has 2 rings (SSSR count). The van der Waals surface area contributed by atoms with Crippen LogP contribution in [0.15, 0.2) is 36.1 Å². The van der Waals surface area contributed by atoms with Crippen LogP contribution in [0.25, 0.3) is 0 Å². The van der Waals surface area contributed by atoms with Gasteiger partial charge in [-0.05, 0) is 24.6 Å². The first kappa shape index (κ1) is 11.3. The molecule has 84 valence electrons. The van der Waals surface area contributed by atoms with Gasteiger partial charge >= 0.3 is 0 Å². The summed E-state index contributed by atoms with van der Waals surface area (Å²) in [5.74, 6) is 0. The lowest BCUT2D eigenvalue weighted by atomic mass is 9.83. The zero-order valence-electron chi connectivity index (χ0n) is 8.89. The molecular weight excluding hydrogens is 224 g/mol. The fourth-order valence-corrected chi connectivity index (χ4v) is 1.84. The van der Waals surface area contributed by atoms with Crippen molar-refractivity contribution in [2.75, 3.05) is 0 Å². The Labute approximate surface area is 99.0 Å². The van der Waals surface area contributed by atoms with Crippen molar-refractivity contribution in [1.82, 2.24) is 9.97 Å². The fraction of sp³-hybridized carbons (Fsp3) is 0.273. The highest BCUT2D eigenvalue weighted by molar-refractivity contribution is 6.28. The van der Waals surface area contributed by atoms with Crippen LogP contribution < -0.4 is 11.5 Å². The Morgan fingerprint density at radius 3 is 2.88 bits per heavy atom. The highest BCUT2D eigenvalue weighted by Crippen LogP contribution is 2.27. The molecule has 0 fully saturated rings. The molecule has 16 heavy (non-hydrogen) atoms. The third kappa shape index (κ3) is 1.87. The molecule has 0 saturated carbocycles. The maximum Gasteiger partial charge on any atom is 0.222 e. The number of halogens is 1. The Balaban J connectivity index is 2.44. The summed E-state index contributed by atoms with van der Waals surface area (Å²) in [5, 5.41) is 0.175. The normalized spacial score (nSPS) is 29.0. The first-order chi connectivity index (χ1) is 7.52. The van der Waals surface area contributed by atoms with E-state index in [1.54, 1.807) is 12.3 Å². The van der Waals surface area contributed by atoms with E-state index in [0.29, 0.717) is 5.69 Å². The number of nitrogens with zero attached hydrogens (tertiary/aromatic N) is 2. The van der Waals surface area contributed by atoms with Gasteiger partial charge in [-0.25, -0.2) is 9.97 Å². The molecule has 1 aliphatic rings. The van der Waals surface area contributed by atoms with Crippen LogP contribution in [0.2, 0.25) is 5.28 Å². The molecule has 0 saturated heterocycles. The number of rotatable bonds is 1. The lowest BCUT2D eigenvalue weighted by Crippen LogP contribution is -2.51. The molecule has 5 heteroatoms. The summed E-state index contributed by atoms with van der Waals surface area (Å²) in [5.41, 5.74) is 13.2. The topological polar surface area (TPSA) is 77.8 Å². The Hall–Kier alpha value is -1.23. The highest BCUT2D eigenvalue weighted by Gasteiger charge is 2.34. The zero-order chi connectivity index (χ0) is 11.8. The number of allylic oxidation sites excluding steroid dienone is 2. The molecule has 4 nitrogen and oxygen atoms in total. The number of aromatic nitrogens is 2. The molecule has 0 amide bonds. The largest absolute Gasteiger partial charge is 0.322 e. The second-order valence-corrected chi connectivity index (χ2v) is 4.25. The average molecular weight is 237 g/mol. The summed E-state index contributed by atoms with van der Waals surface area (Å²) in [6, 6.07) is 1.41. The van der Waals surface area contributed by atoms with Crippen LogP contribution in [0, 0.1) is 0 Å². The second kappa shape index (κ2) is 3.97. The smallest absolute Gasteiger partial charge is 0.222 e. The summed E-state index contributed by atoms with van der Waals surface area (Å²) in [6.07, 6.45) is 7.27. The SMILES string of the molecule is CC1=CC(N)C(N)(c2ccnc(Cl)n2)C=C1. The molecule has 0 aromatic carbocycles. The molecule has 2 unspecified atom stereocenters. The fourth-order valence-electron chi connectivity index (χ4n) is 1.69. The van der Waals surface area contributed by atoms with Crippen molar-refractivity contribution in [2.24, 2.45) is 11.5 Å². The van der Waals surface area contributed by atoms with Gasteiger partial charge in [-0.2, -0.15) is 0 Å².